The van der Waals surface area contributed by atoms with Gasteiger partial charge in [-0.2, -0.15) is 0 Å². The lowest BCUT2D eigenvalue weighted by Gasteiger charge is -2.36. The first kappa shape index (κ1) is 14.7. The van der Waals surface area contributed by atoms with Crippen LogP contribution in [-0.4, -0.2) is 16.2 Å². The van der Waals surface area contributed by atoms with Crippen molar-refractivity contribution in [2.24, 2.45) is 0 Å². The van der Waals surface area contributed by atoms with Gasteiger partial charge in [-0.15, -0.1) is 0 Å². The third kappa shape index (κ3) is 2.89. The van der Waals surface area contributed by atoms with E-state index in [-0.39, 0.29) is 23.0 Å². The molecule has 1 aromatic carbocycles. The van der Waals surface area contributed by atoms with E-state index in [4.69, 9.17) is 0 Å². The second-order valence-electron chi connectivity index (χ2n) is 5.79. The zero-order valence-electron chi connectivity index (χ0n) is 11.9. The predicted octanol–water partition coefficient (Wildman–Crippen LogP) is 3.73. The molecule has 0 spiro atoms. The maximum absolute atomic E-state index is 11.8. The topological polar surface area (TPSA) is 60.2 Å². The van der Waals surface area contributed by atoms with Crippen LogP contribution < -0.4 is 0 Å². The minimum Gasteiger partial charge on any atom is -0.300 e. The highest BCUT2D eigenvalue weighted by Crippen LogP contribution is 2.44. The lowest BCUT2D eigenvalue weighted by Crippen LogP contribution is -2.46. The van der Waals surface area contributed by atoms with E-state index in [0.717, 1.165) is 24.8 Å². The van der Waals surface area contributed by atoms with Crippen LogP contribution >= 0.6 is 0 Å². The summed E-state index contributed by atoms with van der Waals surface area (Å²) in [7, 11) is 0. The van der Waals surface area contributed by atoms with Crippen molar-refractivity contribution in [3.63, 3.8) is 0 Å². The van der Waals surface area contributed by atoms with Gasteiger partial charge in [0, 0.05) is 24.2 Å². The van der Waals surface area contributed by atoms with Crippen LogP contribution in [0.5, 0.6) is 0 Å². The number of ketones is 1. The second kappa shape index (κ2) is 6.16. The smallest absolute Gasteiger partial charge is 0.229 e. The Morgan fingerprint density at radius 1 is 1.25 bits per heavy atom. The van der Waals surface area contributed by atoms with Crippen LogP contribution in [0.1, 0.15) is 56.9 Å². The number of nitro groups is 1. The fourth-order valence-electron chi connectivity index (χ4n) is 3.41. The maximum Gasteiger partial charge on any atom is 0.229 e. The molecule has 4 nitrogen and oxygen atoms in total. The Labute approximate surface area is 119 Å². The van der Waals surface area contributed by atoms with Crippen molar-refractivity contribution in [1.82, 2.24) is 0 Å². The van der Waals surface area contributed by atoms with Gasteiger partial charge in [-0.25, -0.2) is 0 Å². The average Bonchev–Trinajstić information content (AvgIpc) is 2.46. The fourth-order valence-corrected chi connectivity index (χ4v) is 3.41. The minimum atomic E-state index is -0.967. The normalized spacial score (nSPS) is 19.2. The first-order valence-corrected chi connectivity index (χ1v) is 7.25. The fraction of sp³-hybridized carbons (Fsp3) is 0.562. The van der Waals surface area contributed by atoms with E-state index in [9.17, 15) is 14.9 Å². The van der Waals surface area contributed by atoms with Crippen LogP contribution in [-0.2, 0) is 4.79 Å². The Bertz CT molecular complexity index is 478. The molecule has 1 saturated carbocycles. The molecule has 1 fully saturated rings. The van der Waals surface area contributed by atoms with Gasteiger partial charge in [0.1, 0.15) is 5.78 Å². The summed E-state index contributed by atoms with van der Waals surface area (Å²) >= 11 is 0. The van der Waals surface area contributed by atoms with Crippen LogP contribution in [0.2, 0.25) is 0 Å². The molecule has 1 aliphatic rings. The highest BCUT2D eigenvalue weighted by molar-refractivity contribution is 5.76. The van der Waals surface area contributed by atoms with Gasteiger partial charge in [0.25, 0.3) is 0 Å². The molecule has 0 amide bonds. The van der Waals surface area contributed by atoms with Crippen molar-refractivity contribution in [3.8, 4) is 0 Å². The number of benzene rings is 1. The van der Waals surface area contributed by atoms with Gasteiger partial charge in [-0.1, -0.05) is 36.8 Å². The zero-order valence-corrected chi connectivity index (χ0v) is 11.9. The van der Waals surface area contributed by atoms with Crippen molar-refractivity contribution in [2.75, 3.05) is 0 Å². The Morgan fingerprint density at radius 2 is 1.85 bits per heavy atom. The Kier molecular flexibility index (Phi) is 4.53. The quantitative estimate of drug-likeness (QED) is 0.607. The molecule has 2 rings (SSSR count). The molecule has 0 saturated heterocycles. The average molecular weight is 275 g/mol. The highest BCUT2D eigenvalue weighted by Gasteiger charge is 2.51. The van der Waals surface area contributed by atoms with Gasteiger partial charge in [-0.3, -0.25) is 10.1 Å². The van der Waals surface area contributed by atoms with E-state index in [0.29, 0.717) is 12.8 Å². The molecule has 1 aliphatic carbocycles. The first-order chi connectivity index (χ1) is 9.56. The summed E-state index contributed by atoms with van der Waals surface area (Å²) < 4.78 is 0. The molecule has 1 unspecified atom stereocenters. The molecule has 1 aromatic rings. The van der Waals surface area contributed by atoms with E-state index in [1.54, 1.807) is 0 Å². The van der Waals surface area contributed by atoms with E-state index in [1.807, 2.05) is 30.3 Å². The van der Waals surface area contributed by atoms with E-state index in [2.05, 4.69) is 0 Å². The molecule has 0 aromatic heterocycles. The second-order valence-corrected chi connectivity index (χ2v) is 5.79. The SMILES string of the molecule is CC(=O)CC(c1ccccc1)C1([N+](=O)[O-])CCCCC1. The van der Waals surface area contributed by atoms with Gasteiger partial charge in [0.05, 0.1) is 5.92 Å². The molecule has 0 aliphatic heterocycles. The van der Waals surface area contributed by atoms with Crippen LogP contribution in [0.4, 0.5) is 0 Å². The summed E-state index contributed by atoms with van der Waals surface area (Å²) in [5.74, 6) is -0.290. The maximum atomic E-state index is 11.8. The molecular weight excluding hydrogens is 254 g/mol. The van der Waals surface area contributed by atoms with Crippen molar-refractivity contribution >= 4 is 5.78 Å². The largest absolute Gasteiger partial charge is 0.300 e. The number of carbonyl (C=O) groups excluding carboxylic acids is 1. The van der Waals surface area contributed by atoms with Crippen molar-refractivity contribution in [3.05, 3.63) is 46.0 Å². The summed E-state index contributed by atoms with van der Waals surface area (Å²) in [6.07, 6.45) is 4.21. The standard InChI is InChI=1S/C16H21NO3/c1-13(18)12-15(14-8-4-2-5-9-14)16(17(19)20)10-6-3-7-11-16/h2,4-5,8-9,15H,3,6-7,10-12H2,1H3. The van der Waals surface area contributed by atoms with Crippen LogP contribution in [0, 0.1) is 10.1 Å². The van der Waals surface area contributed by atoms with Gasteiger partial charge in [0.15, 0.2) is 0 Å². The molecular formula is C16H21NO3. The number of hydrogen-bond acceptors (Lipinski definition) is 3. The summed E-state index contributed by atoms with van der Waals surface area (Å²) in [5.41, 5.74) is -0.0491. The molecule has 1 atom stereocenters. The first-order valence-electron chi connectivity index (χ1n) is 7.25. The van der Waals surface area contributed by atoms with Crippen LogP contribution in [0.15, 0.2) is 30.3 Å². The number of hydrogen-bond donors (Lipinski definition) is 0. The molecule has 0 N–H and O–H groups in total. The van der Waals surface area contributed by atoms with Crippen LogP contribution in [0.3, 0.4) is 0 Å². The Morgan fingerprint density at radius 3 is 2.35 bits per heavy atom. The molecule has 0 heterocycles. The van der Waals surface area contributed by atoms with Crippen molar-refractivity contribution in [1.29, 1.82) is 0 Å². The van der Waals surface area contributed by atoms with E-state index in [1.165, 1.54) is 6.92 Å². The Hall–Kier alpha value is -1.71. The van der Waals surface area contributed by atoms with Crippen molar-refractivity contribution < 1.29 is 9.72 Å². The van der Waals surface area contributed by atoms with Gasteiger partial charge < -0.3 is 4.79 Å². The number of carbonyl (C=O) groups is 1. The lowest BCUT2D eigenvalue weighted by molar-refractivity contribution is -0.580. The van der Waals surface area contributed by atoms with Crippen molar-refractivity contribution in [2.45, 2.75) is 56.9 Å². The van der Waals surface area contributed by atoms with Gasteiger partial charge >= 0.3 is 0 Å². The molecule has 0 bridgehead atoms. The van der Waals surface area contributed by atoms with E-state index >= 15 is 0 Å². The predicted molar refractivity (Wildman–Crippen MR) is 77.3 cm³/mol. The molecule has 4 heteroatoms. The summed E-state index contributed by atoms with van der Waals surface area (Å²) in [4.78, 5) is 23.3. The Balaban J connectivity index is 2.42. The highest BCUT2D eigenvalue weighted by atomic mass is 16.6. The number of Topliss-reactive ketones (excluding diaryl/α,β-unsaturated/α-hetero) is 1. The molecule has 108 valence electrons. The third-order valence-electron chi connectivity index (χ3n) is 4.43. The van der Waals surface area contributed by atoms with Gasteiger partial charge in [0.2, 0.25) is 5.54 Å². The molecule has 20 heavy (non-hydrogen) atoms. The summed E-state index contributed by atoms with van der Waals surface area (Å²) in [5, 5.41) is 11.8. The third-order valence-corrected chi connectivity index (χ3v) is 4.43. The van der Waals surface area contributed by atoms with Gasteiger partial charge in [-0.05, 0) is 25.3 Å². The summed E-state index contributed by atoms with van der Waals surface area (Å²) in [6.45, 7) is 1.52. The number of nitrogens with zero attached hydrogens (tertiary/aromatic N) is 1. The number of rotatable bonds is 5. The lowest BCUT2D eigenvalue weighted by atomic mass is 9.69. The monoisotopic (exact) mass is 275 g/mol. The minimum absolute atomic E-state index is 0.0191. The molecule has 0 radical (unpaired) electrons. The van der Waals surface area contributed by atoms with E-state index < -0.39 is 5.54 Å². The van der Waals surface area contributed by atoms with Crippen LogP contribution in [0.25, 0.3) is 0 Å². The zero-order chi connectivity index (χ0) is 14.6. The summed E-state index contributed by atoms with van der Waals surface area (Å²) in [6, 6.07) is 9.49.